The first-order valence-electron chi connectivity index (χ1n) is 5.73. The van der Waals surface area contributed by atoms with Crippen LogP contribution in [0.2, 0.25) is 0 Å². The Hall–Kier alpha value is -2.12. The molecule has 2 rings (SSSR count). The van der Waals surface area contributed by atoms with Crippen molar-refractivity contribution in [1.29, 1.82) is 0 Å². The van der Waals surface area contributed by atoms with Crippen molar-refractivity contribution in [2.45, 2.75) is 11.8 Å². The zero-order valence-corrected chi connectivity index (χ0v) is 11.8. The van der Waals surface area contributed by atoms with E-state index in [1.807, 2.05) is 0 Å². The molecule has 0 aromatic heterocycles. The van der Waals surface area contributed by atoms with Crippen LogP contribution in [0.3, 0.4) is 0 Å². The molecule has 0 aliphatic rings. The Morgan fingerprint density at radius 2 is 1.95 bits per heavy atom. The van der Waals surface area contributed by atoms with Gasteiger partial charge in [-0.2, -0.15) is 0 Å². The lowest BCUT2D eigenvalue weighted by molar-refractivity contribution is -0.114. The predicted octanol–water partition coefficient (Wildman–Crippen LogP) is 1.45. The molecule has 0 saturated heterocycles. The highest BCUT2D eigenvalue weighted by Crippen LogP contribution is 2.31. The predicted molar refractivity (Wildman–Crippen MR) is 76.2 cm³/mol. The number of carbonyl (C=O) groups is 1. The molecular weight excluding hydrogens is 280 g/mol. The molecule has 0 heterocycles. The third-order valence-electron chi connectivity index (χ3n) is 2.76. The van der Waals surface area contributed by atoms with Gasteiger partial charge in [-0.05, 0) is 23.6 Å². The van der Waals surface area contributed by atoms with Gasteiger partial charge in [0.15, 0.2) is 0 Å². The number of anilines is 1. The van der Waals surface area contributed by atoms with Crippen molar-refractivity contribution in [3.8, 4) is 5.75 Å². The molecule has 0 spiro atoms. The minimum Gasteiger partial charge on any atom is -0.496 e. The Bertz CT molecular complexity index is 784. The van der Waals surface area contributed by atoms with Gasteiger partial charge < -0.3 is 10.1 Å². The van der Waals surface area contributed by atoms with Crippen LogP contribution in [0.4, 0.5) is 5.69 Å². The van der Waals surface area contributed by atoms with E-state index in [1.165, 1.54) is 26.2 Å². The van der Waals surface area contributed by atoms with Crippen LogP contribution in [-0.2, 0) is 14.8 Å². The summed E-state index contributed by atoms with van der Waals surface area (Å²) in [4.78, 5) is 11.0. The van der Waals surface area contributed by atoms with Crippen molar-refractivity contribution in [3.05, 3.63) is 30.3 Å². The third kappa shape index (κ3) is 2.89. The maximum absolute atomic E-state index is 11.4. The van der Waals surface area contributed by atoms with Gasteiger partial charge in [-0.1, -0.05) is 6.07 Å². The van der Waals surface area contributed by atoms with Gasteiger partial charge in [-0.15, -0.1) is 0 Å². The Labute approximate surface area is 116 Å². The van der Waals surface area contributed by atoms with E-state index in [0.717, 1.165) is 0 Å². The van der Waals surface area contributed by atoms with E-state index in [1.54, 1.807) is 18.2 Å². The number of amides is 1. The second-order valence-corrected chi connectivity index (χ2v) is 5.85. The van der Waals surface area contributed by atoms with Gasteiger partial charge in [0.25, 0.3) is 0 Å². The standard InChI is InChI=1S/C13H14N2O4S/c1-8(16)15-10-4-3-9-5-11(20(14,17)18)7-13(19-2)12(9)6-10/h3-7H,1-2H3,(H,15,16)(H2,14,17,18). The molecule has 106 valence electrons. The summed E-state index contributed by atoms with van der Waals surface area (Å²) in [5.41, 5.74) is 0.603. The number of primary sulfonamides is 1. The average molecular weight is 294 g/mol. The van der Waals surface area contributed by atoms with E-state index in [2.05, 4.69) is 5.32 Å². The van der Waals surface area contributed by atoms with Crippen LogP contribution in [-0.4, -0.2) is 21.4 Å². The summed E-state index contributed by atoms with van der Waals surface area (Å²) in [5.74, 6) is 0.184. The second-order valence-electron chi connectivity index (χ2n) is 4.29. The van der Waals surface area contributed by atoms with Crippen molar-refractivity contribution < 1.29 is 17.9 Å². The Morgan fingerprint density at radius 1 is 1.25 bits per heavy atom. The van der Waals surface area contributed by atoms with Crippen molar-refractivity contribution in [3.63, 3.8) is 0 Å². The second kappa shape index (κ2) is 5.10. The molecule has 0 atom stereocenters. The number of ether oxygens (including phenoxy) is 1. The van der Waals surface area contributed by atoms with Crippen LogP contribution in [0.25, 0.3) is 10.8 Å². The molecule has 0 aliphatic heterocycles. The fourth-order valence-corrected chi connectivity index (χ4v) is 2.47. The lowest BCUT2D eigenvalue weighted by atomic mass is 10.1. The SMILES string of the molecule is COc1cc(S(N)(=O)=O)cc2ccc(NC(C)=O)cc12. The Morgan fingerprint density at radius 3 is 2.50 bits per heavy atom. The largest absolute Gasteiger partial charge is 0.496 e. The van der Waals surface area contributed by atoms with Crippen LogP contribution >= 0.6 is 0 Å². The van der Waals surface area contributed by atoms with Gasteiger partial charge in [0.05, 0.1) is 12.0 Å². The van der Waals surface area contributed by atoms with Crippen molar-refractivity contribution in [2.24, 2.45) is 5.14 Å². The Kier molecular flexibility index (Phi) is 3.65. The summed E-state index contributed by atoms with van der Waals surface area (Å²) in [7, 11) is -2.37. The summed E-state index contributed by atoms with van der Waals surface area (Å²) >= 11 is 0. The smallest absolute Gasteiger partial charge is 0.238 e. The lowest BCUT2D eigenvalue weighted by Gasteiger charge is -2.10. The minimum atomic E-state index is -3.81. The van der Waals surface area contributed by atoms with Gasteiger partial charge in [0, 0.05) is 24.1 Å². The van der Waals surface area contributed by atoms with E-state index in [9.17, 15) is 13.2 Å². The molecule has 3 N–H and O–H groups in total. The number of methoxy groups -OCH3 is 1. The molecule has 0 saturated carbocycles. The van der Waals surface area contributed by atoms with Crippen LogP contribution in [0, 0.1) is 0 Å². The minimum absolute atomic E-state index is 0.0193. The van der Waals surface area contributed by atoms with Gasteiger partial charge in [-0.3, -0.25) is 4.79 Å². The van der Waals surface area contributed by atoms with E-state index in [0.29, 0.717) is 22.2 Å². The number of carbonyl (C=O) groups excluding carboxylic acids is 1. The number of sulfonamides is 1. The fourth-order valence-electron chi connectivity index (χ4n) is 1.91. The van der Waals surface area contributed by atoms with E-state index in [-0.39, 0.29) is 10.8 Å². The van der Waals surface area contributed by atoms with E-state index in [4.69, 9.17) is 9.88 Å². The number of benzene rings is 2. The van der Waals surface area contributed by atoms with Crippen molar-refractivity contribution >= 4 is 32.4 Å². The molecule has 7 heteroatoms. The van der Waals surface area contributed by atoms with Gasteiger partial charge >= 0.3 is 0 Å². The van der Waals surface area contributed by atoms with Crippen LogP contribution < -0.4 is 15.2 Å². The molecule has 2 aromatic carbocycles. The number of hydrogen-bond donors (Lipinski definition) is 2. The molecule has 6 nitrogen and oxygen atoms in total. The fraction of sp³-hybridized carbons (Fsp3) is 0.154. The zero-order chi connectivity index (χ0) is 14.9. The molecule has 0 fully saturated rings. The molecule has 0 radical (unpaired) electrons. The van der Waals surface area contributed by atoms with Crippen molar-refractivity contribution in [1.82, 2.24) is 0 Å². The summed E-state index contributed by atoms with van der Waals surface area (Å²) < 4.78 is 28.0. The quantitative estimate of drug-likeness (QED) is 0.895. The summed E-state index contributed by atoms with van der Waals surface area (Å²) in [6.45, 7) is 1.41. The summed E-state index contributed by atoms with van der Waals surface area (Å²) in [6, 6.07) is 7.90. The number of rotatable bonds is 3. The number of hydrogen-bond acceptors (Lipinski definition) is 4. The van der Waals surface area contributed by atoms with Gasteiger partial charge in [0.1, 0.15) is 5.75 Å². The zero-order valence-electron chi connectivity index (χ0n) is 11.0. The summed E-state index contributed by atoms with van der Waals surface area (Å²) in [6.07, 6.45) is 0. The normalized spacial score (nSPS) is 11.3. The highest BCUT2D eigenvalue weighted by atomic mass is 32.2. The highest BCUT2D eigenvalue weighted by molar-refractivity contribution is 7.89. The first-order valence-corrected chi connectivity index (χ1v) is 7.28. The van der Waals surface area contributed by atoms with Gasteiger partial charge in [-0.25, -0.2) is 13.6 Å². The van der Waals surface area contributed by atoms with Crippen LogP contribution in [0.1, 0.15) is 6.92 Å². The first-order chi connectivity index (χ1) is 9.31. The molecule has 0 aliphatic carbocycles. The molecule has 0 bridgehead atoms. The molecule has 1 amide bonds. The van der Waals surface area contributed by atoms with E-state index < -0.39 is 10.0 Å². The Balaban J connectivity index is 2.68. The summed E-state index contributed by atoms with van der Waals surface area (Å²) in [5, 5.41) is 9.12. The van der Waals surface area contributed by atoms with Crippen LogP contribution in [0.5, 0.6) is 5.75 Å². The number of nitrogens with two attached hydrogens (primary N) is 1. The molecule has 20 heavy (non-hydrogen) atoms. The van der Waals surface area contributed by atoms with Crippen molar-refractivity contribution in [2.75, 3.05) is 12.4 Å². The maximum Gasteiger partial charge on any atom is 0.238 e. The monoisotopic (exact) mass is 294 g/mol. The van der Waals surface area contributed by atoms with Gasteiger partial charge in [0.2, 0.25) is 15.9 Å². The highest BCUT2D eigenvalue weighted by Gasteiger charge is 2.13. The molecule has 0 unspecified atom stereocenters. The van der Waals surface area contributed by atoms with E-state index >= 15 is 0 Å². The average Bonchev–Trinajstić information content (AvgIpc) is 2.35. The molecular formula is C13H14N2O4S. The number of nitrogens with one attached hydrogen (secondary N) is 1. The topological polar surface area (TPSA) is 98.5 Å². The van der Waals surface area contributed by atoms with Crippen LogP contribution in [0.15, 0.2) is 35.2 Å². The molecule has 2 aromatic rings. The first kappa shape index (κ1) is 14.3. The lowest BCUT2D eigenvalue weighted by Crippen LogP contribution is -2.12. The maximum atomic E-state index is 11.4. The number of fused-ring (bicyclic) bond motifs is 1. The third-order valence-corrected chi connectivity index (χ3v) is 3.65.